The van der Waals surface area contributed by atoms with Gasteiger partial charge in [-0.1, -0.05) is 25.8 Å². The lowest BCUT2D eigenvalue weighted by atomic mass is 10.00. The lowest BCUT2D eigenvalue weighted by molar-refractivity contribution is -0.132. The van der Waals surface area contributed by atoms with E-state index < -0.39 is 33.4 Å². The molecule has 1 unspecified atom stereocenters. The molecule has 3 rings (SSSR count). The first kappa shape index (κ1) is 21.3. The minimum absolute atomic E-state index is 0.0163. The average Bonchev–Trinajstić information content (AvgIpc) is 2.92. The molecule has 0 saturated carbocycles. The molecule has 29 heavy (non-hydrogen) atoms. The first-order valence-electron chi connectivity index (χ1n) is 9.77. The van der Waals surface area contributed by atoms with Crippen LogP contribution in [0.3, 0.4) is 0 Å². The van der Waals surface area contributed by atoms with Gasteiger partial charge in [0, 0.05) is 18.7 Å². The molecule has 1 aromatic carbocycles. The van der Waals surface area contributed by atoms with Gasteiger partial charge in [0.05, 0.1) is 4.90 Å². The molecule has 2 heterocycles. The third-order valence-corrected chi connectivity index (χ3v) is 7.38. The number of amides is 4. The summed E-state index contributed by atoms with van der Waals surface area (Å²) in [5.74, 6) is -1.30. The first-order chi connectivity index (χ1) is 13.7. The number of hydrazine groups is 1. The fraction of sp³-hybridized carbons (Fsp3) is 0.526. The second-order valence-corrected chi connectivity index (χ2v) is 9.48. The zero-order valence-corrected chi connectivity index (χ0v) is 17.4. The van der Waals surface area contributed by atoms with E-state index in [9.17, 15) is 22.8 Å². The van der Waals surface area contributed by atoms with E-state index in [4.69, 9.17) is 0 Å². The number of sulfonamides is 1. The summed E-state index contributed by atoms with van der Waals surface area (Å²) in [5, 5.41) is 3.18. The molecular weight excluding hydrogens is 396 g/mol. The molecule has 2 saturated heterocycles. The number of carbonyl (C=O) groups excluding carboxylic acids is 3. The van der Waals surface area contributed by atoms with E-state index in [-0.39, 0.29) is 10.5 Å². The molecule has 10 heteroatoms. The average molecular weight is 423 g/mol. The van der Waals surface area contributed by atoms with Gasteiger partial charge in [0.15, 0.2) is 0 Å². The molecule has 4 amide bonds. The van der Waals surface area contributed by atoms with Crippen LogP contribution in [0.5, 0.6) is 0 Å². The van der Waals surface area contributed by atoms with Crippen molar-refractivity contribution in [3.63, 3.8) is 0 Å². The van der Waals surface area contributed by atoms with Crippen molar-refractivity contribution in [2.24, 2.45) is 0 Å². The van der Waals surface area contributed by atoms with E-state index in [2.05, 4.69) is 10.7 Å². The summed E-state index contributed by atoms with van der Waals surface area (Å²) in [5.41, 5.74) is 1.24. The van der Waals surface area contributed by atoms with Crippen LogP contribution in [0, 0.1) is 0 Å². The number of nitrogens with zero attached hydrogens (tertiary/aromatic N) is 2. The second kappa shape index (κ2) is 8.11. The van der Waals surface area contributed by atoms with Crippen LogP contribution in [0.25, 0.3) is 0 Å². The van der Waals surface area contributed by atoms with E-state index >= 15 is 0 Å². The summed E-state index contributed by atoms with van der Waals surface area (Å²) >= 11 is 0. The van der Waals surface area contributed by atoms with E-state index in [0.717, 1.165) is 25.7 Å². The molecule has 0 bridgehead atoms. The third kappa shape index (κ3) is 4.13. The smallest absolute Gasteiger partial charge is 0.322 e. The quantitative estimate of drug-likeness (QED) is 0.700. The Kier molecular flexibility index (Phi) is 5.95. The van der Waals surface area contributed by atoms with Gasteiger partial charge in [-0.3, -0.25) is 15.0 Å². The maximum Gasteiger partial charge on any atom is 0.344 e. The largest absolute Gasteiger partial charge is 0.344 e. The highest BCUT2D eigenvalue weighted by atomic mass is 32.2. The van der Waals surface area contributed by atoms with Crippen molar-refractivity contribution in [1.82, 2.24) is 20.1 Å². The van der Waals surface area contributed by atoms with E-state index in [0.29, 0.717) is 24.5 Å². The zero-order valence-electron chi connectivity index (χ0n) is 16.6. The predicted molar refractivity (Wildman–Crippen MR) is 105 cm³/mol. The molecular formula is C19H26N4O5S. The monoisotopic (exact) mass is 422 g/mol. The van der Waals surface area contributed by atoms with Gasteiger partial charge in [-0.25, -0.2) is 13.2 Å². The molecule has 0 radical (unpaired) electrons. The van der Waals surface area contributed by atoms with Crippen molar-refractivity contribution in [2.75, 3.05) is 13.1 Å². The summed E-state index contributed by atoms with van der Waals surface area (Å²) in [6.07, 6.45) is 3.98. The molecule has 0 spiro atoms. The van der Waals surface area contributed by atoms with Crippen molar-refractivity contribution in [3.05, 3.63) is 29.8 Å². The second-order valence-electron chi connectivity index (χ2n) is 7.54. The summed E-state index contributed by atoms with van der Waals surface area (Å²) < 4.78 is 27.4. The van der Waals surface area contributed by atoms with Crippen molar-refractivity contribution < 1.29 is 22.8 Å². The van der Waals surface area contributed by atoms with Crippen LogP contribution in [0.15, 0.2) is 29.2 Å². The van der Waals surface area contributed by atoms with E-state index in [1.54, 1.807) is 13.8 Å². The Labute approximate surface area is 170 Å². The number of benzene rings is 1. The highest BCUT2D eigenvalue weighted by molar-refractivity contribution is 7.89. The van der Waals surface area contributed by atoms with Crippen LogP contribution in [-0.2, 0) is 14.8 Å². The standard InChI is InChI=1S/C19H26N4O5S/c1-3-19(2)17(25)23(18(26)20-19)21-16(24)14-9-8-10-15(13-14)29(27,28)22-11-6-4-5-7-12-22/h8-10,13H,3-7,11-12H2,1-2H3,(H,20,26)(H,21,24). The van der Waals surface area contributed by atoms with Crippen LogP contribution in [0.2, 0.25) is 0 Å². The number of rotatable bonds is 5. The summed E-state index contributed by atoms with van der Waals surface area (Å²) in [6.45, 7) is 4.24. The first-order valence-corrected chi connectivity index (χ1v) is 11.2. The van der Waals surface area contributed by atoms with E-state index in [1.807, 2.05) is 0 Å². The topological polar surface area (TPSA) is 116 Å². The summed E-state index contributed by atoms with van der Waals surface area (Å²) in [7, 11) is -3.72. The van der Waals surface area contributed by atoms with Gasteiger partial charge in [-0.05, 0) is 44.4 Å². The van der Waals surface area contributed by atoms with Crippen molar-refractivity contribution in [3.8, 4) is 0 Å². The minimum atomic E-state index is -3.72. The number of imide groups is 1. The third-order valence-electron chi connectivity index (χ3n) is 5.48. The molecule has 2 aliphatic heterocycles. The van der Waals surface area contributed by atoms with Gasteiger partial charge < -0.3 is 5.32 Å². The Morgan fingerprint density at radius 1 is 1.17 bits per heavy atom. The predicted octanol–water partition coefficient (Wildman–Crippen LogP) is 1.62. The molecule has 2 fully saturated rings. The molecule has 2 N–H and O–H groups in total. The molecule has 2 aliphatic rings. The van der Waals surface area contributed by atoms with Gasteiger partial charge in [0.25, 0.3) is 11.8 Å². The number of urea groups is 1. The highest BCUT2D eigenvalue weighted by Crippen LogP contribution is 2.22. The lowest BCUT2D eigenvalue weighted by Gasteiger charge is -2.21. The molecule has 0 aliphatic carbocycles. The summed E-state index contributed by atoms with van der Waals surface area (Å²) in [4.78, 5) is 37.1. The fourth-order valence-corrected chi connectivity index (χ4v) is 4.98. The molecule has 1 atom stereocenters. The maximum absolute atomic E-state index is 13.0. The van der Waals surface area contributed by atoms with Crippen LogP contribution >= 0.6 is 0 Å². The fourth-order valence-electron chi connectivity index (χ4n) is 3.42. The lowest BCUT2D eigenvalue weighted by Crippen LogP contribution is -2.48. The molecule has 1 aromatic rings. The van der Waals surface area contributed by atoms with Crippen LogP contribution in [-0.4, -0.2) is 54.2 Å². The van der Waals surface area contributed by atoms with E-state index in [1.165, 1.54) is 28.6 Å². The molecule has 0 aromatic heterocycles. The van der Waals surface area contributed by atoms with Gasteiger partial charge in [-0.2, -0.15) is 9.31 Å². The van der Waals surface area contributed by atoms with Gasteiger partial charge in [-0.15, -0.1) is 0 Å². The van der Waals surface area contributed by atoms with Crippen molar-refractivity contribution >= 4 is 27.9 Å². The van der Waals surface area contributed by atoms with Gasteiger partial charge >= 0.3 is 6.03 Å². The number of hydrogen-bond donors (Lipinski definition) is 2. The number of carbonyl (C=O) groups is 3. The Bertz CT molecular complexity index is 924. The number of hydrogen-bond acceptors (Lipinski definition) is 5. The Morgan fingerprint density at radius 3 is 2.41 bits per heavy atom. The van der Waals surface area contributed by atoms with Crippen LogP contribution < -0.4 is 10.7 Å². The zero-order chi connectivity index (χ0) is 21.2. The van der Waals surface area contributed by atoms with Gasteiger partial charge in [0.1, 0.15) is 5.54 Å². The Hall–Kier alpha value is -2.46. The van der Waals surface area contributed by atoms with Crippen molar-refractivity contribution in [1.29, 1.82) is 0 Å². The Morgan fingerprint density at radius 2 is 1.83 bits per heavy atom. The Balaban J connectivity index is 1.79. The minimum Gasteiger partial charge on any atom is -0.322 e. The molecule has 9 nitrogen and oxygen atoms in total. The maximum atomic E-state index is 13.0. The van der Waals surface area contributed by atoms with Crippen LogP contribution in [0.1, 0.15) is 56.3 Å². The number of nitrogens with one attached hydrogen (secondary N) is 2. The molecule has 158 valence electrons. The van der Waals surface area contributed by atoms with Crippen LogP contribution in [0.4, 0.5) is 4.79 Å². The normalized spacial score (nSPS) is 23.6. The summed E-state index contributed by atoms with van der Waals surface area (Å²) in [6, 6.07) is 4.91. The SMILES string of the molecule is CCC1(C)NC(=O)N(NC(=O)c2cccc(S(=O)(=O)N3CCCCCC3)c2)C1=O. The highest BCUT2D eigenvalue weighted by Gasteiger charge is 2.47. The van der Waals surface area contributed by atoms with Gasteiger partial charge in [0.2, 0.25) is 10.0 Å². The van der Waals surface area contributed by atoms with Crippen molar-refractivity contribution in [2.45, 2.75) is 56.4 Å².